The second kappa shape index (κ2) is 8.49. The van der Waals surface area contributed by atoms with Gasteiger partial charge in [-0.05, 0) is 38.5 Å². The molecule has 5 heteroatoms. The van der Waals surface area contributed by atoms with Crippen LogP contribution in [0, 0.1) is 6.92 Å². The third kappa shape index (κ3) is 4.28. The maximum absolute atomic E-state index is 12.8. The first kappa shape index (κ1) is 18.7. The van der Waals surface area contributed by atoms with Crippen LogP contribution in [0.2, 0.25) is 0 Å². The van der Waals surface area contributed by atoms with Gasteiger partial charge < -0.3 is 4.74 Å². The van der Waals surface area contributed by atoms with E-state index in [1.807, 2.05) is 52.0 Å². The summed E-state index contributed by atoms with van der Waals surface area (Å²) in [7, 11) is 0. The Bertz CT molecular complexity index is 635. The Balaban J connectivity index is 2.18. The number of benzene rings is 1. The molecular weight excluding hydrogens is 322 g/mol. The minimum atomic E-state index is -0.190. The Morgan fingerprint density at radius 3 is 2.38 bits per heavy atom. The van der Waals surface area contributed by atoms with Crippen molar-refractivity contribution in [3.05, 3.63) is 40.3 Å². The Morgan fingerprint density at radius 1 is 1.12 bits per heavy atom. The third-order valence-electron chi connectivity index (χ3n) is 3.73. The Labute approximate surface area is 148 Å². The van der Waals surface area contributed by atoms with Crippen molar-refractivity contribution in [1.29, 1.82) is 0 Å². The zero-order valence-corrected chi connectivity index (χ0v) is 15.6. The molecule has 1 aromatic carbocycles. The van der Waals surface area contributed by atoms with E-state index >= 15 is 0 Å². The first-order valence-electron chi connectivity index (χ1n) is 8.37. The molecule has 4 nitrogen and oxygen atoms in total. The van der Waals surface area contributed by atoms with Gasteiger partial charge in [-0.15, -0.1) is 11.8 Å². The Kier molecular flexibility index (Phi) is 6.63. The predicted molar refractivity (Wildman–Crippen MR) is 98.7 cm³/mol. The smallest absolute Gasteiger partial charge is 0.267 e. The minimum Gasteiger partial charge on any atom is -0.379 e. The average Bonchev–Trinajstić information content (AvgIpc) is 2.77. The van der Waals surface area contributed by atoms with Crippen molar-refractivity contribution in [1.82, 2.24) is 4.90 Å². The molecule has 0 radical (unpaired) electrons. The molecule has 0 unspecified atom stereocenters. The first-order valence-corrected chi connectivity index (χ1v) is 9.36. The first-order chi connectivity index (χ1) is 11.5. The molecule has 0 bridgehead atoms. The van der Waals surface area contributed by atoms with Crippen LogP contribution in [0.5, 0.6) is 0 Å². The number of nitrogens with zero attached hydrogens (tertiary/aromatic N) is 1. The Hall–Kier alpha value is -1.59. The van der Waals surface area contributed by atoms with Crippen LogP contribution in [0.25, 0.3) is 5.57 Å². The van der Waals surface area contributed by atoms with Crippen LogP contribution in [-0.4, -0.2) is 41.7 Å². The highest BCUT2D eigenvalue weighted by atomic mass is 32.2. The van der Waals surface area contributed by atoms with Gasteiger partial charge in [0.25, 0.3) is 11.8 Å². The molecule has 130 valence electrons. The molecule has 2 rings (SSSR count). The minimum absolute atomic E-state index is 0.155. The molecular formula is C19H25NO3S. The van der Waals surface area contributed by atoms with E-state index in [4.69, 9.17) is 4.74 Å². The van der Waals surface area contributed by atoms with E-state index in [2.05, 4.69) is 0 Å². The molecule has 0 atom stereocenters. The molecule has 0 fully saturated rings. The summed E-state index contributed by atoms with van der Waals surface area (Å²) in [4.78, 5) is 27.4. The van der Waals surface area contributed by atoms with E-state index in [0.717, 1.165) is 16.9 Å². The van der Waals surface area contributed by atoms with Gasteiger partial charge >= 0.3 is 0 Å². The lowest BCUT2D eigenvalue weighted by Crippen LogP contribution is -2.33. The fourth-order valence-corrected chi connectivity index (χ4v) is 3.42. The fraction of sp³-hybridized carbons (Fsp3) is 0.474. The number of rotatable bonds is 8. The molecule has 0 spiro atoms. The molecule has 1 aromatic rings. The lowest BCUT2D eigenvalue weighted by atomic mass is 10.0. The summed E-state index contributed by atoms with van der Waals surface area (Å²) in [5, 5.41) is 0. The molecule has 0 saturated heterocycles. The van der Waals surface area contributed by atoms with E-state index in [1.165, 1.54) is 16.7 Å². The molecule has 0 saturated carbocycles. The van der Waals surface area contributed by atoms with Gasteiger partial charge in [-0.1, -0.05) is 36.8 Å². The quantitative estimate of drug-likeness (QED) is 0.532. The summed E-state index contributed by atoms with van der Waals surface area (Å²) >= 11 is 1.44. The molecule has 1 aliphatic rings. The number of hydrogen-bond acceptors (Lipinski definition) is 4. The van der Waals surface area contributed by atoms with Crippen LogP contribution in [0.4, 0.5) is 0 Å². The fourth-order valence-electron chi connectivity index (χ4n) is 2.55. The Morgan fingerprint density at radius 2 is 1.79 bits per heavy atom. The standard InChI is InChI=1S/C19H25NO3S/c1-5-24-17-16(15-9-7-14(4)8-10-15)18(21)20(19(17)22)11-6-12-23-13(2)3/h7-10,13H,5-6,11-12H2,1-4H3. The number of aryl methyl sites for hydroxylation is 1. The molecule has 0 aromatic heterocycles. The number of carbonyl (C=O) groups is 2. The number of hydrogen-bond donors (Lipinski definition) is 0. The highest BCUT2D eigenvalue weighted by Gasteiger charge is 2.38. The summed E-state index contributed by atoms with van der Waals surface area (Å²) in [6, 6.07) is 7.76. The SMILES string of the molecule is CCSC1=C(c2ccc(C)cc2)C(=O)N(CCCOC(C)C)C1=O. The van der Waals surface area contributed by atoms with Gasteiger partial charge in [0.1, 0.15) is 0 Å². The zero-order chi connectivity index (χ0) is 17.7. The molecule has 1 aliphatic heterocycles. The highest BCUT2D eigenvalue weighted by Crippen LogP contribution is 2.36. The third-order valence-corrected chi connectivity index (χ3v) is 4.69. The van der Waals surface area contributed by atoms with Gasteiger partial charge in [0.15, 0.2) is 0 Å². The normalized spacial score (nSPS) is 15.1. The van der Waals surface area contributed by atoms with Gasteiger partial charge in [0.05, 0.1) is 16.6 Å². The number of thioether (sulfide) groups is 1. The van der Waals surface area contributed by atoms with E-state index in [0.29, 0.717) is 30.1 Å². The molecule has 2 amide bonds. The lowest BCUT2D eigenvalue weighted by Gasteiger charge is -2.15. The van der Waals surface area contributed by atoms with Crippen molar-refractivity contribution in [3.63, 3.8) is 0 Å². The predicted octanol–water partition coefficient (Wildman–Crippen LogP) is 3.64. The summed E-state index contributed by atoms with van der Waals surface area (Å²) in [6.45, 7) is 8.88. The second-order valence-corrected chi connectivity index (χ2v) is 7.31. The van der Waals surface area contributed by atoms with Gasteiger partial charge in [0.2, 0.25) is 0 Å². The molecule has 1 heterocycles. The van der Waals surface area contributed by atoms with Gasteiger partial charge in [-0.3, -0.25) is 14.5 Å². The van der Waals surface area contributed by atoms with E-state index < -0.39 is 0 Å². The lowest BCUT2D eigenvalue weighted by molar-refractivity contribution is -0.136. The zero-order valence-electron chi connectivity index (χ0n) is 14.8. The number of amides is 2. The average molecular weight is 347 g/mol. The van der Waals surface area contributed by atoms with Crippen LogP contribution < -0.4 is 0 Å². The van der Waals surface area contributed by atoms with E-state index in [9.17, 15) is 9.59 Å². The van der Waals surface area contributed by atoms with Crippen LogP contribution in [0.1, 0.15) is 38.3 Å². The number of ether oxygens (including phenoxy) is 1. The van der Waals surface area contributed by atoms with Gasteiger partial charge in [-0.2, -0.15) is 0 Å². The second-order valence-electron chi connectivity index (χ2n) is 6.04. The van der Waals surface area contributed by atoms with Gasteiger partial charge in [-0.25, -0.2) is 0 Å². The van der Waals surface area contributed by atoms with E-state index in [1.54, 1.807) is 0 Å². The molecule has 0 aliphatic carbocycles. The maximum Gasteiger partial charge on any atom is 0.267 e. The topological polar surface area (TPSA) is 46.6 Å². The number of imide groups is 1. The van der Waals surface area contributed by atoms with Crippen molar-refractivity contribution < 1.29 is 14.3 Å². The molecule has 0 N–H and O–H groups in total. The monoisotopic (exact) mass is 347 g/mol. The van der Waals surface area contributed by atoms with Crippen molar-refractivity contribution in [2.45, 2.75) is 40.2 Å². The summed E-state index contributed by atoms with van der Waals surface area (Å²) in [5.41, 5.74) is 2.48. The summed E-state index contributed by atoms with van der Waals surface area (Å²) in [5.74, 6) is 0.393. The largest absolute Gasteiger partial charge is 0.379 e. The van der Waals surface area contributed by atoms with E-state index in [-0.39, 0.29) is 17.9 Å². The molecule has 24 heavy (non-hydrogen) atoms. The van der Waals surface area contributed by atoms with Crippen LogP contribution in [0.3, 0.4) is 0 Å². The van der Waals surface area contributed by atoms with Crippen molar-refractivity contribution >= 4 is 29.1 Å². The number of carbonyl (C=O) groups excluding carboxylic acids is 2. The highest BCUT2D eigenvalue weighted by molar-refractivity contribution is 8.04. The summed E-state index contributed by atoms with van der Waals surface area (Å²) < 4.78 is 5.50. The van der Waals surface area contributed by atoms with Crippen LogP contribution in [0.15, 0.2) is 29.2 Å². The van der Waals surface area contributed by atoms with Crippen LogP contribution >= 0.6 is 11.8 Å². The van der Waals surface area contributed by atoms with Gasteiger partial charge in [0, 0.05) is 13.2 Å². The van der Waals surface area contributed by atoms with Crippen molar-refractivity contribution in [2.75, 3.05) is 18.9 Å². The maximum atomic E-state index is 12.8. The summed E-state index contributed by atoms with van der Waals surface area (Å²) in [6.07, 6.45) is 0.809. The van der Waals surface area contributed by atoms with Crippen molar-refractivity contribution in [2.24, 2.45) is 0 Å². The van der Waals surface area contributed by atoms with Crippen LogP contribution in [-0.2, 0) is 14.3 Å². The van der Waals surface area contributed by atoms with Crippen molar-refractivity contribution in [3.8, 4) is 0 Å².